The molecule has 1 aliphatic rings. The zero-order valence-electron chi connectivity index (χ0n) is 14.5. The molecule has 1 fully saturated rings. The molecule has 1 aromatic carbocycles. The van der Waals surface area contributed by atoms with Crippen LogP contribution in [-0.2, 0) is 11.3 Å². The summed E-state index contributed by atoms with van der Waals surface area (Å²) < 4.78 is 13.6. The minimum Gasteiger partial charge on any atom is -0.494 e. The molecule has 2 heterocycles. The quantitative estimate of drug-likeness (QED) is 0.717. The molecule has 1 saturated heterocycles. The van der Waals surface area contributed by atoms with Gasteiger partial charge in [0.2, 0.25) is 0 Å². The molecular formula is C18H23N5O2. The summed E-state index contributed by atoms with van der Waals surface area (Å²) in [5.74, 6) is 1.65. The fourth-order valence-corrected chi connectivity index (χ4v) is 2.95. The predicted octanol–water partition coefficient (Wildman–Crippen LogP) is 2.01. The van der Waals surface area contributed by atoms with Crippen molar-refractivity contribution in [3.8, 4) is 11.8 Å². The molecule has 2 aromatic rings. The molecule has 0 aliphatic carbocycles. The van der Waals surface area contributed by atoms with Crippen LogP contribution in [0.15, 0.2) is 30.6 Å². The van der Waals surface area contributed by atoms with Gasteiger partial charge in [-0.1, -0.05) is 6.07 Å². The first-order valence-electron chi connectivity index (χ1n) is 8.64. The fraction of sp³-hybridized carbons (Fsp3) is 0.500. The van der Waals surface area contributed by atoms with Gasteiger partial charge in [-0.15, -0.1) is 10.2 Å². The van der Waals surface area contributed by atoms with Crippen molar-refractivity contribution in [2.75, 3.05) is 32.8 Å². The Bertz CT molecular complexity index is 724. The van der Waals surface area contributed by atoms with E-state index in [9.17, 15) is 0 Å². The molecule has 0 unspecified atom stereocenters. The molecule has 0 N–H and O–H groups in total. The van der Waals surface area contributed by atoms with E-state index in [-0.39, 0.29) is 6.10 Å². The first-order chi connectivity index (χ1) is 12.3. The maximum absolute atomic E-state index is 8.91. The molecular weight excluding hydrogens is 318 g/mol. The van der Waals surface area contributed by atoms with Crippen molar-refractivity contribution < 1.29 is 9.47 Å². The molecule has 0 amide bonds. The summed E-state index contributed by atoms with van der Waals surface area (Å²) in [6, 6.07) is 9.38. The molecule has 132 valence electrons. The van der Waals surface area contributed by atoms with Crippen molar-refractivity contribution in [3.63, 3.8) is 0 Å². The average Bonchev–Trinajstić information content (AvgIpc) is 3.14. The Balaban J connectivity index is 1.44. The molecule has 25 heavy (non-hydrogen) atoms. The third-order valence-electron chi connectivity index (χ3n) is 4.28. The maximum atomic E-state index is 8.91. The van der Waals surface area contributed by atoms with Gasteiger partial charge in [0.15, 0.2) is 5.82 Å². The molecule has 0 radical (unpaired) electrons. The van der Waals surface area contributed by atoms with Crippen LogP contribution in [0.3, 0.4) is 0 Å². The Kier molecular flexibility index (Phi) is 5.99. The zero-order chi connectivity index (χ0) is 17.5. The fourth-order valence-electron chi connectivity index (χ4n) is 2.95. The lowest BCUT2D eigenvalue weighted by Crippen LogP contribution is -2.40. The van der Waals surface area contributed by atoms with Crippen molar-refractivity contribution in [2.24, 2.45) is 0 Å². The highest BCUT2D eigenvalue weighted by Crippen LogP contribution is 2.20. The van der Waals surface area contributed by atoms with Gasteiger partial charge in [-0.05, 0) is 31.5 Å². The van der Waals surface area contributed by atoms with Gasteiger partial charge in [0.1, 0.15) is 18.2 Å². The van der Waals surface area contributed by atoms with Crippen molar-refractivity contribution in [2.45, 2.75) is 26.0 Å². The highest BCUT2D eigenvalue weighted by Gasteiger charge is 2.25. The highest BCUT2D eigenvalue weighted by atomic mass is 16.5. The molecule has 0 saturated carbocycles. The van der Waals surface area contributed by atoms with Crippen molar-refractivity contribution in [1.29, 1.82) is 5.26 Å². The second-order valence-electron chi connectivity index (χ2n) is 5.98. The van der Waals surface area contributed by atoms with Gasteiger partial charge in [0, 0.05) is 26.2 Å². The van der Waals surface area contributed by atoms with Gasteiger partial charge in [0.05, 0.1) is 24.8 Å². The molecule has 1 aromatic heterocycles. The first kappa shape index (κ1) is 17.4. The number of ether oxygens (including phenoxy) is 2. The minimum atomic E-state index is -0.0237. The number of aryl methyl sites for hydroxylation is 1. The standard InChI is InChI=1S/C18H23N5O2/c1-2-23-14-20-21-18(23)17-13-22(8-10-25-17)7-4-9-24-16-6-3-5-15(11-16)12-19/h3,5-6,11,14,17H,2,4,7-10,13H2,1H3/t17-/m0/s1. The Labute approximate surface area is 147 Å². The summed E-state index contributed by atoms with van der Waals surface area (Å²) in [4.78, 5) is 2.37. The molecule has 7 nitrogen and oxygen atoms in total. The van der Waals surface area contributed by atoms with Crippen LogP contribution in [0.5, 0.6) is 5.75 Å². The Morgan fingerprint density at radius 2 is 2.36 bits per heavy atom. The molecule has 7 heteroatoms. The molecule has 1 atom stereocenters. The summed E-state index contributed by atoms with van der Waals surface area (Å²) in [5.41, 5.74) is 0.619. The van der Waals surface area contributed by atoms with E-state index < -0.39 is 0 Å². The number of aromatic nitrogens is 3. The van der Waals surface area contributed by atoms with Crippen molar-refractivity contribution in [1.82, 2.24) is 19.7 Å². The smallest absolute Gasteiger partial charge is 0.163 e. The summed E-state index contributed by atoms with van der Waals surface area (Å²) in [6.07, 6.45) is 2.65. The number of nitrogens with zero attached hydrogens (tertiary/aromatic N) is 5. The van der Waals surface area contributed by atoms with Crippen LogP contribution in [0.25, 0.3) is 0 Å². The number of morpholine rings is 1. The van der Waals surface area contributed by atoms with Gasteiger partial charge >= 0.3 is 0 Å². The monoisotopic (exact) mass is 341 g/mol. The summed E-state index contributed by atoms with van der Waals surface area (Å²) in [7, 11) is 0. The lowest BCUT2D eigenvalue weighted by Gasteiger charge is -2.32. The molecule has 3 rings (SSSR count). The predicted molar refractivity (Wildman–Crippen MR) is 92.1 cm³/mol. The van der Waals surface area contributed by atoms with E-state index in [0.29, 0.717) is 18.8 Å². The topological polar surface area (TPSA) is 76.2 Å². The van der Waals surface area contributed by atoms with Gasteiger partial charge in [-0.3, -0.25) is 4.90 Å². The van der Waals surface area contributed by atoms with Crippen LogP contribution in [-0.4, -0.2) is 52.5 Å². The van der Waals surface area contributed by atoms with Crippen LogP contribution in [0.1, 0.15) is 30.8 Å². The van der Waals surface area contributed by atoms with E-state index in [0.717, 1.165) is 44.2 Å². The van der Waals surface area contributed by atoms with E-state index in [1.165, 1.54) is 0 Å². The largest absolute Gasteiger partial charge is 0.494 e. The van der Waals surface area contributed by atoms with Gasteiger partial charge in [0.25, 0.3) is 0 Å². The normalized spacial score (nSPS) is 18.0. The highest BCUT2D eigenvalue weighted by molar-refractivity contribution is 5.36. The Morgan fingerprint density at radius 3 is 3.20 bits per heavy atom. The zero-order valence-corrected chi connectivity index (χ0v) is 14.5. The van der Waals surface area contributed by atoms with Gasteiger partial charge in [-0.2, -0.15) is 5.26 Å². The van der Waals surface area contributed by atoms with E-state index in [1.54, 1.807) is 18.5 Å². The Morgan fingerprint density at radius 1 is 1.44 bits per heavy atom. The second-order valence-corrected chi connectivity index (χ2v) is 5.98. The van der Waals surface area contributed by atoms with E-state index >= 15 is 0 Å². The average molecular weight is 341 g/mol. The van der Waals surface area contributed by atoms with Gasteiger partial charge < -0.3 is 14.0 Å². The van der Waals surface area contributed by atoms with E-state index in [2.05, 4.69) is 28.1 Å². The van der Waals surface area contributed by atoms with Crippen LogP contribution in [0.4, 0.5) is 0 Å². The summed E-state index contributed by atoms with van der Waals surface area (Å²) in [6.45, 7) is 6.93. The van der Waals surface area contributed by atoms with E-state index in [4.69, 9.17) is 14.7 Å². The third kappa shape index (κ3) is 4.56. The third-order valence-corrected chi connectivity index (χ3v) is 4.28. The number of hydrogen-bond acceptors (Lipinski definition) is 6. The molecule has 0 spiro atoms. The lowest BCUT2D eigenvalue weighted by molar-refractivity contribution is -0.0369. The van der Waals surface area contributed by atoms with Crippen molar-refractivity contribution >= 4 is 0 Å². The van der Waals surface area contributed by atoms with Crippen LogP contribution in [0.2, 0.25) is 0 Å². The van der Waals surface area contributed by atoms with Crippen LogP contribution < -0.4 is 4.74 Å². The number of benzene rings is 1. The number of nitriles is 1. The maximum Gasteiger partial charge on any atom is 0.163 e. The SMILES string of the molecule is CCn1cnnc1[C@@H]1CN(CCCOc2cccc(C#N)c2)CCO1. The molecule has 1 aliphatic heterocycles. The van der Waals surface area contributed by atoms with Crippen molar-refractivity contribution in [3.05, 3.63) is 42.0 Å². The summed E-state index contributed by atoms with van der Waals surface area (Å²) in [5, 5.41) is 17.1. The first-order valence-corrected chi connectivity index (χ1v) is 8.64. The van der Waals surface area contributed by atoms with E-state index in [1.807, 2.05) is 16.7 Å². The van der Waals surface area contributed by atoms with Crippen LogP contribution >= 0.6 is 0 Å². The number of rotatable bonds is 7. The summed E-state index contributed by atoms with van der Waals surface area (Å²) >= 11 is 0. The van der Waals surface area contributed by atoms with Gasteiger partial charge in [-0.25, -0.2) is 0 Å². The minimum absolute atomic E-state index is 0.0237. The Hall–Kier alpha value is -2.43. The lowest BCUT2D eigenvalue weighted by atomic mass is 10.2. The molecule has 0 bridgehead atoms. The second kappa shape index (κ2) is 8.60. The van der Waals surface area contributed by atoms with Crippen LogP contribution in [0, 0.1) is 11.3 Å². The number of hydrogen-bond donors (Lipinski definition) is 0.